The van der Waals surface area contributed by atoms with E-state index in [1.54, 1.807) is 4.90 Å². The second-order valence-corrected chi connectivity index (χ2v) is 7.45. The van der Waals surface area contributed by atoms with Crippen LogP contribution in [0, 0.1) is 6.92 Å². The summed E-state index contributed by atoms with van der Waals surface area (Å²) < 4.78 is 0. The summed E-state index contributed by atoms with van der Waals surface area (Å²) in [6.45, 7) is 3.35. The molecule has 2 atom stereocenters. The average molecular weight is 363 g/mol. The van der Waals surface area contributed by atoms with Crippen molar-refractivity contribution in [3.8, 4) is 0 Å². The van der Waals surface area contributed by atoms with Crippen LogP contribution in [0.1, 0.15) is 29.5 Å². The van der Waals surface area contributed by atoms with Gasteiger partial charge in [0.2, 0.25) is 11.8 Å². The van der Waals surface area contributed by atoms with E-state index >= 15 is 0 Å². The summed E-state index contributed by atoms with van der Waals surface area (Å²) in [5.74, 6) is -0.0630. The molecule has 5 nitrogen and oxygen atoms in total. The lowest BCUT2D eigenvalue weighted by Gasteiger charge is -2.31. The minimum Gasteiger partial charge on any atom is -0.329 e. The number of anilines is 1. The molecule has 1 saturated heterocycles. The Morgan fingerprint density at radius 2 is 1.81 bits per heavy atom. The maximum absolute atomic E-state index is 13.1. The van der Waals surface area contributed by atoms with Crippen molar-refractivity contribution in [3.05, 3.63) is 65.2 Å². The van der Waals surface area contributed by atoms with Gasteiger partial charge in [0.1, 0.15) is 6.04 Å². The normalized spacial score (nSPS) is 21.6. The van der Waals surface area contributed by atoms with E-state index in [-0.39, 0.29) is 17.9 Å². The van der Waals surface area contributed by atoms with Gasteiger partial charge in [0.05, 0.1) is 6.04 Å². The summed E-state index contributed by atoms with van der Waals surface area (Å²) in [7, 11) is 0. The highest BCUT2D eigenvalue weighted by Crippen LogP contribution is 2.23. The lowest BCUT2D eigenvalue weighted by Crippen LogP contribution is -2.53. The first-order valence-electron chi connectivity index (χ1n) is 9.60. The third-order valence-corrected chi connectivity index (χ3v) is 5.54. The van der Waals surface area contributed by atoms with Crippen LogP contribution < -0.4 is 10.6 Å². The molecule has 2 aliphatic heterocycles. The van der Waals surface area contributed by atoms with Crippen molar-refractivity contribution in [2.75, 3.05) is 11.9 Å². The van der Waals surface area contributed by atoms with Gasteiger partial charge in [0.15, 0.2) is 0 Å². The summed E-state index contributed by atoms with van der Waals surface area (Å²) in [4.78, 5) is 27.6. The fraction of sp³-hybridized carbons (Fsp3) is 0.364. The van der Waals surface area contributed by atoms with Crippen LogP contribution in [0.5, 0.6) is 0 Å². The summed E-state index contributed by atoms with van der Waals surface area (Å²) in [5.41, 5.74) is 4.38. The van der Waals surface area contributed by atoms with Crippen molar-refractivity contribution in [2.45, 2.75) is 44.8 Å². The first kappa shape index (κ1) is 17.7. The zero-order chi connectivity index (χ0) is 18.8. The van der Waals surface area contributed by atoms with Gasteiger partial charge in [0.25, 0.3) is 0 Å². The van der Waals surface area contributed by atoms with Crippen LogP contribution in [0.3, 0.4) is 0 Å². The van der Waals surface area contributed by atoms with E-state index in [1.807, 2.05) is 43.3 Å². The topological polar surface area (TPSA) is 61.4 Å². The Hall–Kier alpha value is -2.66. The van der Waals surface area contributed by atoms with E-state index in [4.69, 9.17) is 0 Å². The molecule has 2 amide bonds. The van der Waals surface area contributed by atoms with Gasteiger partial charge in [-0.15, -0.1) is 0 Å². The van der Waals surface area contributed by atoms with E-state index in [2.05, 4.69) is 22.8 Å². The maximum atomic E-state index is 13.1. The Balaban J connectivity index is 1.44. The molecule has 0 bridgehead atoms. The summed E-state index contributed by atoms with van der Waals surface area (Å²) in [6, 6.07) is 15.3. The fourth-order valence-electron chi connectivity index (χ4n) is 3.99. The fourth-order valence-corrected chi connectivity index (χ4v) is 3.99. The average Bonchev–Trinajstić information content (AvgIpc) is 3.19. The summed E-state index contributed by atoms with van der Waals surface area (Å²) in [6.07, 6.45) is 2.26. The number of benzene rings is 2. The van der Waals surface area contributed by atoms with Crippen molar-refractivity contribution in [1.82, 2.24) is 10.2 Å². The zero-order valence-corrected chi connectivity index (χ0v) is 15.6. The molecule has 27 heavy (non-hydrogen) atoms. The monoisotopic (exact) mass is 363 g/mol. The van der Waals surface area contributed by atoms with Gasteiger partial charge in [-0.25, -0.2) is 0 Å². The Kier molecular flexibility index (Phi) is 4.94. The minimum absolute atomic E-state index is 0.0334. The second-order valence-electron chi connectivity index (χ2n) is 7.45. The van der Waals surface area contributed by atoms with Crippen molar-refractivity contribution in [1.29, 1.82) is 0 Å². The molecule has 2 aromatic rings. The predicted molar refractivity (Wildman–Crippen MR) is 105 cm³/mol. The van der Waals surface area contributed by atoms with E-state index in [9.17, 15) is 9.59 Å². The number of amides is 2. The number of hydrogen-bond acceptors (Lipinski definition) is 3. The van der Waals surface area contributed by atoms with E-state index in [0.29, 0.717) is 25.9 Å². The molecular formula is C22H25N3O2. The SMILES string of the molecule is Cc1ccc(NC(=O)[C@@H]2CCCN2C(=O)[C@@H]2Cc3ccccc3CN2)cc1. The minimum atomic E-state index is -0.391. The van der Waals surface area contributed by atoms with E-state index in [1.165, 1.54) is 11.1 Å². The molecule has 2 heterocycles. The number of fused-ring (bicyclic) bond motifs is 1. The molecule has 0 aromatic heterocycles. The Morgan fingerprint density at radius 3 is 2.59 bits per heavy atom. The van der Waals surface area contributed by atoms with Gasteiger partial charge in [-0.05, 0) is 49.4 Å². The van der Waals surface area contributed by atoms with Crippen LogP contribution in [0.25, 0.3) is 0 Å². The third-order valence-electron chi connectivity index (χ3n) is 5.54. The largest absolute Gasteiger partial charge is 0.329 e. The zero-order valence-electron chi connectivity index (χ0n) is 15.6. The van der Waals surface area contributed by atoms with Gasteiger partial charge >= 0.3 is 0 Å². The molecule has 0 unspecified atom stereocenters. The van der Waals surface area contributed by atoms with Crippen LogP contribution in [0.15, 0.2) is 48.5 Å². The van der Waals surface area contributed by atoms with Crippen LogP contribution in [-0.4, -0.2) is 35.3 Å². The molecular weight excluding hydrogens is 338 g/mol. The third kappa shape index (κ3) is 3.74. The molecule has 0 radical (unpaired) electrons. The van der Waals surface area contributed by atoms with Crippen LogP contribution >= 0.6 is 0 Å². The van der Waals surface area contributed by atoms with Gasteiger partial charge < -0.3 is 15.5 Å². The number of rotatable bonds is 3. The first-order chi connectivity index (χ1) is 13.1. The molecule has 2 aliphatic rings. The first-order valence-corrected chi connectivity index (χ1v) is 9.60. The van der Waals surface area contributed by atoms with Crippen molar-refractivity contribution < 1.29 is 9.59 Å². The van der Waals surface area contributed by atoms with Gasteiger partial charge in [0, 0.05) is 18.8 Å². The standard InChI is InChI=1S/C22H25N3O2/c1-15-8-10-18(11-9-15)24-21(26)20-7-4-12-25(20)22(27)19-13-16-5-2-3-6-17(16)14-23-19/h2-3,5-6,8-11,19-20,23H,4,7,12-14H2,1H3,(H,24,26)/t19-,20-/m0/s1. The van der Waals surface area contributed by atoms with Crippen LogP contribution in [-0.2, 0) is 22.6 Å². The van der Waals surface area contributed by atoms with Crippen molar-refractivity contribution >= 4 is 17.5 Å². The highest BCUT2D eigenvalue weighted by atomic mass is 16.2. The van der Waals surface area contributed by atoms with Crippen LogP contribution in [0.2, 0.25) is 0 Å². The molecule has 2 aromatic carbocycles. The Bertz CT molecular complexity index is 847. The number of nitrogens with zero attached hydrogens (tertiary/aromatic N) is 1. The van der Waals surface area contributed by atoms with Gasteiger partial charge in [-0.3, -0.25) is 9.59 Å². The van der Waals surface area contributed by atoms with E-state index in [0.717, 1.165) is 17.7 Å². The molecule has 5 heteroatoms. The number of carbonyl (C=O) groups is 2. The molecule has 1 fully saturated rings. The Labute approximate surface area is 159 Å². The Morgan fingerprint density at radius 1 is 1.07 bits per heavy atom. The quantitative estimate of drug-likeness (QED) is 0.881. The number of hydrogen-bond donors (Lipinski definition) is 2. The van der Waals surface area contributed by atoms with Gasteiger partial charge in [-0.1, -0.05) is 42.0 Å². The lowest BCUT2D eigenvalue weighted by atomic mass is 9.95. The van der Waals surface area contributed by atoms with Crippen molar-refractivity contribution in [2.24, 2.45) is 0 Å². The van der Waals surface area contributed by atoms with Gasteiger partial charge in [-0.2, -0.15) is 0 Å². The molecule has 0 saturated carbocycles. The summed E-state index contributed by atoms with van der Waals surface area (Å²) >= 11 is 0. The highest BCUT2D eigenvalue weighted by Gasteiger charge is 2.38. The van der Waals surface area contributed by atoms with Crippen LogP contribution in [0.4, 0.5) is 5.69 Å². The van der Waals surface area contributed by atoms with Crippen molar-refractivity contribution in [3.63, 3.8) is 0 Å². The molecule has 0 spiro atoms. The summed E-state index contributed by atoms with van der Waals surface area (Å²) in [5, 5.41) is 6.31. The second kappa shape index (κ2) is 7.53. The lowest BCUT2D eigenvalue weighted by molar-refractivity contribution is -0.138. The number of likely N-dealkylation sites (tertiary alicyclic amines) is 1. The molecule has 4 rings (SSSR count). The van der Waals surface area contributed by atoms with E-state index < -0.39 is 6.04 Å². The number of nitrogens with one attached hydrogen (secondary N) is 2. The molecule has 140 valence electrons. The maximum Gasteiger partial charge on any atom is 0.247 e. The molecule has 2 N–H and O–H groups in total. The highest BCUT2D eigenvalue weighted by molar-refractivity contribution is 5.98. The number of aryl methyl sites for hydroxylation is 1. The smallest absolute Gasteiger partial charge is 0.247 e. The molecule has 0 aliphatic carbocycles. The number of carbonyl (C=O) groups excluding carboxylic acids is 2. The predicted octanol–water partition coefficient (Wildman–Crippen LogP) is 2.64.